The molecule has 0 radical (unpaired) electrons. The van der Waals surface area contributed by atoms with Crippen LogP contribution in [0.1, 0.15) is 33.1 Å². The summed E-state index contributed by atoms with van der Waals surface area (Å²) in [6, 6.07) is -0.0947. The van der Waals surface area contributed by atoms with Crippen LogP contribution >= 0.6 is 0 Å². The third-order valence-corrected chi connectivity index (χ3v) is 3.03. The van der Waals surface area contributed by atoms with Crippen molar-refractivity contribution in [3.63, 3.8) is 0 Å². The number of aliphatic hydroxyl groups excluding tert-OH is 1. The van der Waals surface area contributed by atoms with Crippen LogP contribution in [-0.2, 0) is 9.53 Å². The Hall–Kier alpha value is -0.610. The predicted octanol–water partition coefficient (Wildman–Crippen LogP) is 1.03. The maximum Gasteiger partial charge on any atom is 0.323 e. The van der Waals surface area contributed by atoms with Gasteiger partial charge in [0.15, 0.2) is 0 Å². The number of nitrogens with zero attached hydrogens (tertiary/aromatic N) is 1. The first-order valence-corrected chi connectivity index (χ1v) is 6.20. The lowest BCUT2D eigenvalue weighted by atomic mass is 10.0. The molecule has 0 amide bonds. The van der Waals surface area contributed by atoms with E-state index in [-0.39, 0.29) is 24.5 Å². The summed E-state index contributed by atoms with van der Waals surface area (Å²) in [4.78, 5) is 13.9. The second-order valence-corrected chi connectivity index (χ2v) is 4.55. The van der Waals surface area contributed by atoms with Crippen molar-refractivity contribution in [1.29, 1.82) is 0 Å². The number of ether oxygens (including phenoxy) is 1. The fourth-order valence-corrected chi connectivity index (χ4v) is 2.17. The third kappa shape index (κ3) is 3.76. The van der Waals surface area contributed by atoms with E-state index >= 15 is 0 Å². The first-order valence-electron chi connectivity index (χ1n) is 6.20. The molecule has 0 aromatic rings. The molecule has 0 aromatic heterocycles. The van der Waals surface area contributed by atoms with Gasteiger partial charge in [-0.3, -0.25) is 9.69 Å². The molecule has 0 spiro atoms. The number of aliphatic hydroxyl groups is 1. The fraction of sp³-hybridized carbons (Fsp3) is 0.917. The van der Waals surface area contributed by atoms with E-state index in [4.69, 9.17) is 9.84 Å². The largest absolute Gasteiger partial charge is 0.465 e. The number of likely N-dealkylation sites (tertiary alicyclic amines) is 1. The van der Waals surface area contributed by atoms with Gasteiger partial charge in [0.1, 0.15) is 6.04 Å². The number of hydrogen-bond donors (Lipinski definition) is 1. The first kappa shape index (κ1) is 13.5. The van der Waals surface area contributed by atoms with E-state index in [9.17, 15) is 4.79 Å². The molecule has 0 aliphatic carbocycles. The molecule has 0 saturated carbocycles. The number of carbonyl (C=O) groups excluding carboxylic acids is 1. The van der Waals surface area contributed by atoms with Gasteiger partial charge < -0.3 is 9.84 Å². The molecule has 1 rings (SSSR count). The van der Waals surface area contributed by atoms with Crippen LogP contribution in [0.2, 0.25) is 0 Å². The summed E-state index contributed by atoms with van der Waals surface area (Å²) < 4.78 is 5.08. The van der Waals surface area contributed by atoms with Crippen LogP contribution < -0.4 is 0 Å². The quantitative estimate of drug-likeness (QED) is 0.715. The third-order valence-electron chi connectivity index (χ3n) is 3.03. The number of rotatable bonds is 5. The molecular weight excluding hydrogens is 206 g/mol. The lowest BCUT2D eigenvalue weighted by molar-refractivity contribution is -0.151. The molecule has 1 N–H and O–H groups in total. The predicted molar refractivity (Wildman–Crippen MR) is 62.1 cm³/mol. The molecule has 1 aliphatic rings. The number of esters is 1. The average Bonchev–Trinajstić information content (AvgIpc) is 2.30. The van der Waals surface area contributed by atoms with Gasteiger partial charge in [0.05, 0.1) is 6.61 Å². The summed E-state index contributed by atoms with van der Waals surface area (Å²) in [5.74, 6) is 0.113. The Labute approximate surface area is 97.6 Å². The highest BCUT2D eigenvalue weighted by Crippen LogP contribution is 2.19. The van der Waals surface area contributed by atoms with E-state index in [0.29, 0.717) is 6.61 Å². The van der Waals surface area contributed by atoms with Gasteiger partial charge in [0, 0.05) is 13.2 Å². The summed E-state index contributed by atoms with van der Waals surface area (Å²) in [5, 5.41) is 9.05. The van der Waals surface area contributed by atoms with E-state index in [2.05, 4.69) is 4.90 Å². The minimum atomic E-state index is -0.104. The molecule has 4 heteroatoms. The van der Waals surface area contributed by atoms with Gasteiger partial charge in [-0.25, -0.2) is 0 Å². The Morgan fingerprint density at radius 3 is 2.94 bits per heavy atom. The van der Waals surface area contributed by atoms with Crippen LogP contribution in [0.5, 0.6) is 0 Å². The van der Waals surface area contributed by atoms with Crippen LogP contribution in [0.25, 0.3) is 0 Å². The van der Waals surface area contributed by atoms with Gasteiger partial charge in [-0.05, 0) is 32.2 Å². The lowest BCUT2D eigenvalue weighted by Gasteiger charge is -2.35. The van der Waals surface area contributed by atoms with Crippen molar-refractivity contribution in [2.75, 3.05) is 26.3 Å². The second kappa shape index (κ2) is 6.86. The number of hydrogen-bond acceptors (Lipinski definition) is 4. The van der Waals surface area contributed by atoms with Crippen LogP contribution in [-0.4, -0.2) is 48.3 Å². The van der Waals surface area contributed by atoms with Gasteiger partial charge in [-0.15, -0.1) is 0 Å². The average molecular weight is 229 g/mol. The topological polar surface area (TPSA) is 49.8 Å². The zero-order valence-electron chi connectivity index (χ0n) is 10.3. The Kier molecular flexibility index (Phi) is 5.77. The summed E-state index contributed by atoms with van der Waals surface area (Å²) in [6.07, 6.45) is 3.11. The highest BCUT2D eigenvalue weighted by molar-refractivity contribution is 5.75. The highest BCUT2D eigenvalue weighted by atomic mass is 16.5. The number of piperidine rings is 1. The van der Waals surface area contributed by atoms with Crippen LogP contribution in [0.15, 0.2) is 0 Å². The molecule has 94 valence electrons. The van der Waals surface area contributed by atoms with Crippen molar-refractivity contribution < 1.29 is 14.6 Å². The molecule has 0 bridgehead atoms. The van der Waals surface area contributed by atoms with E-state index in [1.54, 1.807) is 0 Å². The highest BCUT2D eigenvalue weighted by Gasteiger charge is 2.30. The van der Waals surface area contributed by atoms with Gasteiger partial charge >= 0.3 is 5.97 Å². The van der Waals surface area contributed by atoms with Crippen molar-refractivity contribution >= 4 is 5.97 Å². The van der Waals surface area contributed by atoms with Crippen LogP contribution in [0, 0.1) is 5.92 Å². The molecule has 0 aromatic carbocycles. The molecule has 4 nitrogen and oxygen atoms in total. The molecular formula is C12H23NO3. The summed E-state index contributed by atoms with van der Waals surface area (Å²) >= 11 is 0. The van der Waals surface area contributed by atoms with Gasteiger partial charge in [-0.1, -0.05) is 13.3 Å². The Morgan fingerprint density at radius 1 is 1.56 bits per heavy atom. The Morgan fingerprint density at radius 2 is 2.31 bits per heavy atom. The van der Waals surface area contributed by atoms with E-state index < -0.39 is 0 Å². The molecule has 1 aliphatic heterocycles. The van der Waals surface area contributed by atoms with Crippen molar-refractivity contribution in [2.45, 2.75) is 39.2 Å². The molecule has 1 saturated heterocycles. The Balaban J connectivity index is 2.52. The van der Waals surface area contributed by atoms with E-state index in [1.165, 1.54) is 0 Å². The zero-order chi connectivity index (χ0) is 12.0. The summed E-state index contributed by atoms with van der Waals surface area (Å²) in [5.41, 5.74) is 0. The normalized spacial score (nSPS) is 24.1. The van der Waals surface area contributed by atoms with Crippen molar-refractivity contribution in [2.24, 2.45) is 5.92 Å². The van der Waals surface area contributed by atoms with Gasteiger partial charge in [0.2, 0.25) is 0 Å². The SMILES string of the molecule is CCOC(=O)C1CCCCN1CC(C)CO. The second-order valence-electron chi connectivity index (χ2n) is 4.55. The van der Waals surface area contributed by atoms with E-state index in [0.717, 1.165) is 32.4 Å². The minimum absolute atomic E-state index is 0.0947. The fourth-order valence-electron chi connectivity index (χ4n) is 2.17. The van der Waals surface area contributed by atoms with Crippen molar-refractivity contribution in [1.82, 2.24) is 4.90 Å². The van der Waals surface area contributed by atoms with Gasteiger partial charge in [-0.2, -0.15) is 0 Å². The van der Waals surface area contributed by atoms with Crippen molar-refractivity contribution in [3.05, 3.63) is 0 Å². The zero-order valence-corrected chi connectivity index (χ0v) is 10.3. The van der Waals surface area contributed by atoms with Crippen LogP contribution in [0.4, 0.5) is 0 Å². The molecule has 1 fully saturated rings. The lowest BCUT2D eigenvalue weighted by Crippen LogP contribution is -2.47. The van der Waals surface area contributed by atoms with Crippen molar-refractivity contribution in [3.8, 4) is 0 Å². The monoisotopic (exact) mass is 229 g/mol. The maximum absolute atomic E-state index is 11.8. The smallest absolute Gasteiger partial charge is 0.323 e. The molecule has 1 heterocycles. The maximum atomic E-state index is 11.8. The summed E-state index contributed by atoms with van der Waals surface area (Å²) in [6.45, 7) is 6.16. The molecule has 2 unspecified atom stereocenters. The van der Waals surface area contributed by atoms with Gasteiger partial charge in [0.25, 0.3) is 0 Å². The van der Waals surface area contributed by atoms with Crippen LogP contribution in [0.3, 0.4) is 0 Å². The summed E-state index contributed by atoms with van der Waals surface area (Å²) in [7, 11) is 0. The standard InChI is InChI=1S/C12H23NO3/c1-3-16-12(15)11-6-4-5-7-13(11)8-10(2)9-14/h10-11,14H,3-9H2,1-2H3. The molecule has 2 atom stereocenters. The minimum Gasteiger partial charge on any atom is -0.465 e. The first-order chi connectivity index (χ1) is 7.69. The molecule has 16 heavy (non-hydrogen) atoms. The number of carbonyl (C=O) groups is 1. The Bertz CT molecular complexity index is 220. The van der Waals surface area contributed by atoms with E-state index in [1.807, 2.05) is 13.8 Å².